The number of carbonyl (C=O) groups is 1. The van der Waals surface area contributed by atoms with E-state index < -0.39 is 12.0 Å². The summed E-state index contributed by atoms with van der Waals surface area (Å²) >= 11 is 8.05. The second-order valence-corrected chi connectivity index (χ2v) is 8.28. The fourth-order valence-electron chi connectivity index (χ4n) is 3.41. The second kappa shape index (κ2) is 8.53. The van der Waals surface area contributed by atoms with Crippen LogP contribution in [0.4, 0.5) is 0 Å². The van der Waals surface area contributed by atoms with E-state index >= 15 is 0 Å². The van der Waals surface area contributed by atoms with Crippen LogP contribution in [0.3, 0.4) is 0 Å². The van der Waals surface area contributed by atoms with E-state index in [-0.39, 0.29) is 5.37 Å². The maximum absolute atomic E-state index is 11.2. The molecule has 1 heterocycles. The number of fused-ring (bicyclic) bond motifs is 1. The minimum absolute atomic E-state index is 0.158. The van der Waals surface area contributed by atoms with Crippen molar-refractivity contribution >= 4 is 40.1 Å². The van der Waals surface area contributed by atoms with Crippen LogP contribution in [-0.4, -0.2) is 30.0 Å². The minimum atomic E-state index is -0.854. The number of benzene rings is 3. The maximum atomic E-state index is 11.2. The zero-order valence-electron chi connectivity index (χ0n) is 15.7. The summed E-state index contributed by atoms with van der Waals surface area (Å²) in [7, 11) is 1.56. The third kappa shape index (κ3) is 4.15. The predicted molar refractivity (Wildman–Crippen MR) is 116 cm³/mol. The van der Waals surface area contributed by atoms with Crippen LogP contribution in [0.5, 0.6) is 11.5 Å². The molecule has 1 fully saturated rings. The van der Waals surface area contributed by atoms with Gasteiger partial charge < -0.3 is 14.6 Å². The molecule has 7 heteroatoms. The van der Waals surface area contributed by atoms with Gasteiger partial charge in [-0.05, 0) is 34.0 Å². The lowest BCUT2D eigenvalue weighted by molar-refractivity contribution is -0.138. The summed E-state index contributed by atoms with van der Waals surface area (Å²) < 4.78 is 11.6. The maximum Gasteiger partial charge on any atom is 0.321 e. The first kappa shape index (κ1) is 19.9. The third-order valence-electron chi connectivity index (χ3n) is 4.89. The number of halogens is 1. The molecule has 0 spiro atoms. The van der Waals surface area contributed by atoms with Crippen molar-refractivity contribution in [2.75, 3.05) is 12.9 Å². The number of carboxylic acid groups (broad SMARTS) is 1. The molecule has 1 saturated heterocycles. The largest absolute Gasteiger partial charge is 0.493 e. The van der Waals surface area contributed by atoms with Gasteiger partial charge in [0.25, 0.3) is 0 Å². The molecule has 2 unspecified atom stereocenters. The van der Waals surface area contributed by atoms with Crippen molar-refractivity contribution < 1.29 is 19.4 Å². The molecule has 0 saturated carbocycles. The molecule has 3 aromatic rings. The van der Waals surface area contributed by atoms with Gasteiger partial charge in [0.05, 0.1) is 17.5 Å². The average molecular weight is 430 g/mol. The highest BCUT2D eigenvalue weighted by molar-refractivity contribution is 7.99. The Balaban J connectivity index is 1.57. The topological polar surface area (TPSA) is 67.8 Å². The number of thioether (sulfide) groups is 1. The molecule has 29 heavy (non-hydrogen) atoms. The van der Waals surface area contributed by atoms with Gasteiger partial charge in [-0.2, -0.15) is 0 Å². The Morgan fingerprint density at radius 3 is 2.79 bits per heavy atom. The van der Waals surface area contributed by atoms with Gasteiger partial charge in [0.2, 0.25) is 0 Å². The molecular weight excluding hydrogens is 410 g/mol. The van der Waals surface area contributed by atoms with Crippen LogP contribution in [0.2, 0.25) is 5.02 Å². The highest BCUT2D eigenvalue weighted by Gasteiger charge is 2.31. The molecule has 4 rings (SSSR count). The van der Waals surface area contributed by atoms with Crippen molar-refractivity contribution in [2.24, 2.45) is 0 Å². The van der Waals surface area contributed by atoms with Crippen LogP contribution < -0.4 is 14.8 Å². The van der Waals surface area contributed by atoms with Crippen LogP contribution >= 0.6 is 23.4 Å². The molecule has 150 valence electrons. The Hall–Kier alpha value is -2.41. The van der Waals surface area contributed by atoms with E-state index in [0.717, 1.165) is 21.9 Å². The van der Waals surface area contributed by atoms with Gasteiger partial charge in [-0.25, -0.2) is 0 Å². The number of nitrogens with one attached hydrogen (secondary N) is 1. The second-order valence-electron chi connectivity index (χ2n) is 6.73. The van der Waals surface area contributed by atoms with Crippen LogP contribution in [0.15, 0.2) is 54.6 Å². The molecule has 3 aromatic carbocycles. The van der Waals surface area contributed by atoms with E-state index in [0.29, 0.717) is 28.9 Å². The quantitative estimate of drug-likeness (QED) is 0.582. The number of methoxy groups -OCH3 is 1. The lowest BCUT2D eigenvalue weighted by Gasteiger charge is -2.17. The molecule has 0 bridgehead atoms. The molecular formula is C22H20ClNO4S. The number of ether oxygens (including phenoxy) is 2. The standard InChI is InChI=1S/C22H20ClNO4S/c1-27-19-10-15(21-24-18(12-29-21)22(25)26)9-17(23)20(19)28-11-14-7-4-6-13-5-2-3-8-16(13)14/h2-10,18,21,24H,11-12H2,1H3,(H,25,26). The van der Waals surface area contributed by atoms with Crippen LogP contribution in [0, 0.1) is 0 Å². The first-order chi connectivity index (χ1) is 14.1. The van der Waals surface area contributed by atoms with Crippen molar-refractivity contribution in [3.63, 3.8) is 0 Å². The van der Waals surface area contributed by atoms with E-state index in [1.54, 1.807) is 13.2 Å². The summed E-state index contributed by atoms with van der Waals surface area (Å²) in [6.45, 7) is 0.355. The Bertz CT molecular complexity index is 1050. The van der Waals surface area contributed by atoms with Gasteiger partial charge in [-0.1, -0.05) is 54.1 Å². The van der Waals surface area contributed by atoms with Crippen molar-refractivity contribution in [1.82, 2.24) is 5.32 Å². The van der Waals surface area contributed by atoms with Crippen LogP contribution in [0.25, 0.3) is 10.8 Å². The van der Waals surface area contributed by atoms with Crippen molar-refractivity contribution in [2.45, 2.75) is 18.0 Å². The molecule has 1 aliphatic heterocycles. The van der Waals surface area contributed by atoms with Gasteiger partial charge in [0, 0.05) is 5.75 Å². The van der Waals surface area contributed by atoms with E-state index in [9.17, 15) is 9.90 Å². The zero-order valence-corrected chi connectivity index (χ0v) is 17.3. The molecule has 0 radical (unpaired) electrons. The Labute approximate surface area is 178 Å². The lowest BCUT2D eigenvalue weighted by Crippen LogP contribution is -2.33. The number of aliphatic carboxylic acids is 1. The van der Waals surface area contributed by atoms with Gasteiger partial charge in [-0.3, -0.25) is 10.1 Å². The molecule has 1 aliphatic rings. The van der Waals surface area contributed by atoms with E-state index in [2.05, 4.69) is 23.5 Å². The number of hydrogen-bond donors (Lipinski definition) is 2. The zero-order chi connectivity index (χ0) is 20.4. The summed E-state index contributed by atoms with van der Waals surface area (Å²) in [5.74, 6) is 0.643. The fourth-order valence-corrected chi connectivity index (χ4v) is 4.89. The molecule has 2 atom stereocenters. The van der Waals surface area contributed by atoms with Crippen LogP contribution in [0.1, 0.15) is 16.5 Å². The first-order valence-electron chi connectivity index (χ1n) is 9.14. The van der Waals surface area contributed by atoms with E-state index in [4.69, 9.17) is 21.1 Å². The van der Waals surface area contributed by atoms with Crippen molar-refractivity contribution in [3.8, 4) is 11.5 Å². The summed E-state index contributed by atoms with van der Waals surface area (Å²) in [5.41, 5.74) is 1.92. The van der Waals surface area contributed by atoms with Gasteiger partial charge in [0.1, 0.15) is 12.6 Å². The molecule has 0 aliphatic carbocycles. The number of rotatable bonds is 6. The average Bonchev–Trinajstić information content (AvgIpc) is 3.23. The SMILES string of the molecule is COc1cc(C2NC(C(=O)O)CS2)cc(Cl)c1OCc1cccc2ccccc12. The minimum Gasteiger partial charge on any atom is -0.493 e. The normalized spacial score (nSPS) is 18.7. The summed E-state index contributed by atoms with van der Waals surface area (Å²) in [5, 5.41) is 14.8. The summed E-state index contributed by atoms with van der Waals surface area (Å²) in [6, 6.07) is 17.3. The van der Waals surface area contributed by atoms with Gasteiger partial charge in [-0.15, -0.1) is 11.8 Å². The highest BCUT2D eigenvalue weighted by atomic mass is 35.5. The van der Waals surface area contributed by atoms with Crippen molar-refractivity contribution in [1.29, 1.82) is 0 Å². The third-order valence-corrected chi connectivity index (χ3v) is 6.43. The predicted octanol–water partition coefficient (Wildman–Crippen LogP) is 4.87. The van der Waals surface area contributed by atoms with E-state index in [1.807, 2.05) is 30.3 Å². The highest BCUT2D eigenvalue weighted by Crippen LogP contribution is 2.42. The lowest BCUT2D eigenvalue weighted by atomic mass is 10.1. The smallest absolute Gasteiger partial charge is 0.321 e. The Morgan fingerprint density at radius 1 is 1.24 bits per heavy atom. The monoisotopic (exact) mass is 429 g/mol. The first-order valence-corrected chi connectivity index (χ1v) is 10.6. The van der Waals surface area contributed by atoms with Gasteiger partial charge >= 0.3 is 5.97 Å². The van der Waals surface area contributed by atoms with Crippen LogP contribution in [-0.2, 0) is 11.4 Å². The van der Waals surface area contributed by atoms with Gasteiger partial charge in [0.15, 0.2) is 11.5 Å². The Kier molecular flexibility index (Phi) is 5.85. The molecule has 0 amide bonds. The fraction of sp³-hybridized carbons (Fsp3) is 0.227. The van der Waals surface area contributed by atoms with E-state index in [1.165, 1.54) is 11.8 Å². The Morgan fingerprint density at radius 2 is 2.03 bits per heavy atom. The van der Waals surface area contributed by atoms with Crippen molar-refractivity contribution in [3.05, 3.63) is 70.7 Å². The number of carboxylic acids is 1. The molecule has 0 aromatic heterocycles. The molecule has 5 nitrogen and oxygen atoms in total. The molecule has 2 N–H and O–H groups in total. The summed E-state index contributed by atoms with van der Waals surface area (Å²) in [6.07, 6.45) is 0. The number of hydrogen-bond acceptors (Lipinski definition) is 5. The summed E-state index contributed by atoms with van der Waals surface area (Å²) in [4.78, 5) is 11.2.